The Bertz CT molecular complexity index is 424. The van der Waals surface area contributed by atoms with Crippen LogP contribution in [-0.4, -0.2) is 67.0 Å². The predicted octanol–water partition coefficient (Wildman–Crippen LogP) is 1.94. The molecule has 1 aromatic rings. The second kappa shape index (κ2) is 8.96. The molecule has 5 heteroatoms. The maximum absolute atomic E-state index is 11.7. The van der Waals surface area contributed by atoms with E-state index in [1.54, 1.807) is 12.3 Å². The summed E-state index contributed by atoms with van der Waals surface area (Å²) >= 11 is 0. The Morgan fingerprint density at radius 2 is 2.14 bits per heavy atom. The normalized spacial score (nSPS) is 17.0. The number of hydrogen-bond acceptors (Lipinski definition) is 3. The fourth-order valence-corrected chi connectivity index (χ4v) is 3.05. The van der Waals surface area contributed by atoms with Gasteiger partial charge in [-0.2, -0.15) is 0 Å². The van der Waals surface area contributed by atoms with Gasteiger partial charge in [0.2, 0.25) is 0 Å². The average Bonchev–Trinajstić information content (AvgIpc) is 3.05. The van der Waals surface area contributed by atoms with E-state index in [1.165, 1.54) is 45.3 Å². The number of H-pyrrole nitrogens is 1. The second-order valence-corrected chi connectivity index (χ2v) is 6.42. The van der Waals surface area contributed by atoms with Crippen LogP contribution in [0.3, 0.4) is 0 Å². The van der Waals surface area contributed by atoms with Gasteiger partial charge >= 0.3 is 0 Å². The van der Waals surface area contributed by atoms with Gasteiger partial charge in [-0.1, -0.05) is 6.42 Å². The zero-order chi connectivity index (χ0) is 15.8. The van der Waals surface area contributed by atoms with E-state index in [1.807, 2.05) is 6.07 Å². The molecule has 0 atom stereocenters. The van der Waals surface area contributed by atoms with Gasteiger partial charge in [0.05, 0.1) is 0 Å². The van der Waals surface area contributed by atoms with Crippen molar-refractivity contribution >= 4 is 5.91 Å². The first-order valence-corrected chi connectivity index (χ1v) is 8.47. The van der Waals surface area contributed by atoms with Crippen LogP contribution in [-0.2, 0) is 0 Å². The van der Waals surface area contributed by atoms with Crippen molar-refractivity contribution in [2.24, 2.45) is 0 Å². The summed E-state index contributed by atoms with van der Waals surface area (Å²) in [5.74, 6) is -0.00607. The Labute approximate surface area is 134 Å². The van der Waals surface area contributed by atoms with Gasteiger partial charge in [0.15, 0.2) is 0 Å². The van der Waals surface area contributed by atoms with E-state index in [2.05, 4.69) is 34.2 Å². The summed E-state index contributed by atoms with van der Waals surface area (Å²) in [6, 6.07) is 4.39. The van der Waals surface area contributed by atoms with Crippen molar-refractivity contribution in [2.45, 2.75) is 38.1 Å². The molecule has 2 N–H and O–H groups in total. The largest absolute Gasteiger partial charge is 0.357 e. The van der Waals surface area contributed by atoms with E-state index < -0.39 is 0 Å². The summed E-state index contributed by atoms with van der Waals surface area (Å²) in [5, 5.41) is 2.95. The number of carbonyl (C=O) groups excluding carboxylic acids is 1. The van der Waals surface area contributed by atoms with Crippen molar-refractivity contribution in [3.63, 3.8) is 0 Å². The number of nitrogens with zero attached hydrogens (tertiary/aromatic N) is 2. The first-order chi connectivity index (χ1) is 10.7. The lowest BCUT2D eigenvalue weighted by molar-refractivity contribution is 0.0948. The van der Waals surface area contributed by atoms with Crippen molar-refractivity contribution in [1.82, 2.24) is 20.1 Å². The van der Waals surface area contributed by atoms with Crippen LogP contribution in [0.5, 0.6) is 0 Å². The van der Waals surface area contributed by atoms with Crippen molar-refractivity contribution in [3.8, 4) is 0 Å². The second-order valence-electron chi connectivity index (χ2n) is 6.42. The minimum Gasteiger partial charge on any atom is -0.357 e. The smallest absolute Gasteiger partial charge is 0.267 e. The van der Waals surface area contributed by atoms with Crippen LogP contribution in [0.1, 0.15) is 42.6 Å². The highest BCUT2D eigenvalue weighted by Gasteiger charge is 2.19. The molecule has 1 fully saturated rings. The number of aromatic nitrogens is 1. The van der Waals surface area contributed by atoms with E-state index in [-0.39, 0.29) is 5.91 Å². The monoisotopic (exact) mass is 306 g/mol. The first kappa shape index (κ1) is 17.0. The van der Waals surface area contributed by atoms with Crippen LogP contribution >= 0.6 is 0 Å². The van der Waals surface area contributed by atoms with Gasteiger partial charge in [0.25, 0.3) is 5.91 Å². The molecule has 1 aromatic heterocycles. The number of likely N-dealkylation sites (tertiary alicyclic amines) is 1. The summed E-state index contributed by atoms with van der Waals surface area (Å²) in [7, 11) is 4.46. The topological polar surface area (TPSA) is 51.4 Å². The van der Waals surface area contributed by atoms with Crippen LogP contribution < -0.4 is 5.32 Å². The molecular formula is C17H30N4O. The minimum absolute atomic E-state index is 0.00607. The minimum atomic E-state index is -0.00607. The maximum atomic E-state index is 11.7. The maximum Gasteiger partial charge on any atom is 0.267 e. The molecule has 22 heavy (non-hydrogen) atoms. The molecule has 0 bridgehead atoms. The zero-order valence-corrected chi connectivity index (χ0v) is 14.0. The zero-order valence-electron chi connectivity index (χ0n) is 14.0. The number of amides is 1. The SMILES string of the molecule is CN1CCC(N(C)CCCCCNC(=O)c2ccc[nH]2)CC1. The van der Waals surface area contributed by atoms with E-state index in [4.69, 9.17) is 0 Å². The summed E-state index contributed by atoms with van der Waals surface area (Å²) in [5.41, 5.74) is 0.641. The van der Waals surface area contributed by atoms with Crippen LogP contribution in [0.4, 0.5) is 0 Å². The van der Waals surface area contributed by atoms with E-state index >= 15 is 0 Å². The molecule has 1 aliphatic rings. The molecular weight excluding hydrogens is 276 g/mol. The highest BCUT2D eigenvalue weighted by molar-refractivity contribution is 5.92. The predicted molar refractivity (Wildman–Crippen MR) is 90.1 cm³/mol. The molecule has 5 nitrogen and oxygen atoms in total. The molecule has 2 heterocycles. The van der Waals surface area contributed by atoms with Gasteiger partial charge in [0.1, 0.15) is 5.69 Å². The Hall–Kier alpha value is -1.33. The number of rotatable bonds is 8. The highest BCUT2D eigenvalue weighted by atomic mass is 16.1. The fraction of sp³-hybridized carbons (Fsp3) is 0.706. The van der Waals surface area contributed by atoms with Crippen molar-refractivity contribution in [3.05, 3.63) is 24.0 Å². The lowest BCUT2D eigenvalue weighted by Gasteiger charge is -2.35. The highest BCUT2D eigenvalue weighted by Crippen LogP contribution is 2.14. The molecule has 1 aliphatic heterocycles. The molecule has 0 radical (unpaired) electrons. The van der Waals surface area contributed by atoms with Gasteiger partial charge in [-0.3, -0.25) is 4.79 Å². The fourth-order valence-electron chi connectivity index (χ4n) is 3.05. The molecule has 0 saturated carbocycles. The molecule has 1 amide bonds. The summed E-state index contributed by atoms with van der Waals surface area (Å²) in [6.45, 7) is 4.37. The average molecular weight is 306 g/mol. The lowest BCUT2D eigenvalue weighted by atomic mass is 10.0. The molecule has 124 valence electrons. The number of nitrogens with one attached hydrogen (secondary N) is 2. The molecule has 0 unspecified atom stereocenters. The van der Waals surface area contributed by atoms with Crippen LogP contribution in [0.15, 0.2) is 18.3 Å². The van der Waals surface area contributed by atoms with Crippen molar-refractivity contribution < 1.29 is 4.79 Å². The van der Waals surface area contributed by atoms with Gasteiger partial charge in [0, 0.05) is 18.8 Å². The van der Waals surface area contributed by atoms with Crippen LogP contribution in [0.2, 0.25) is 0 Å². The van der Waals surface area contributed by atoms with Gasteiger partial charge in [-0.15, -0.1) is 0 Å². The van der Waals surface area contributed by atoms with Crippen LogP contribution in [0.25, 0.3) is 0 Å². The van der Waals surface area contributed by atoms with Crippen LogP contribution in [0, 0.1) is 0 Å². The number of carbonyl (C=O) groups is 1. The third-order valence-electron chi connectivity index (χ3n) is 4.63. The Morgan fingerprint density at radius 1 is 1.36 bits per heavy atom. The van der Waals surface area contributed by atoms with Crippen molar-refractivity contribution in [2.75, 3.05) is 40.3 Å². The van der Waals surface area contributed by atoms with E-state index in [0.29, 0.717) is 5.69 Å². The molecule has 1 saturated heterocycles. The lowest BCUT2D eigenvalue weighted by Crippen LogP contribution is -2.42. The Balaban J connectivity index is 1.49. The molecule has 0 aromatic carbocycles. The van der Waals surface area contributed by atoms with E-state index in [0.717, 1.165) is 19.0 Å². The molecule has 0 spiro atoms. The van der Waals surface area contributed by atoms with Gasteiger partial charge in [-0.25, -0.2) is 0 Å². The third-order valence-corrected chi connectivity index (χ3v) is 4.63. The number of unbranched alkanes of at least 4 members (excludes halogenated alkanes) is 2. The van der Waals surface area contributed by atoms with Gasteiger partial charge < -0.3 is 20.1 Å². The van der Waals surface area contributed by atoms with Gasteiger partial charge in [-0.05, 0) is 71.5 Å². The number of aromatic amines is 1. The quantitative estimate of drug-likeness (QED) is 0.722. The van der Waals surface area contributed by atoms with E-state index in [9.17, 15) is 4.79 Å². The number of hydrogen-bond donors (Lipinski definition) is 2. The van der Waals surface area contributed by atoms with Crippen molar-refractivity contribution in [1.29, 1.82) is 0 Å². The Kier molecular flexibility index (Phi) is 6.93. The summed E-state index contributed by atoms with van der Waals surface area (Å²) < 4.78 is 0. The Morgan fingerprint density at radius 3 is 2.82 bits per heavy atom. The summed E-state index contributed by atoms with van der Waals surface area (Å²) in [4.78, 5) is 19.6. The molecule has 0 aliphatic carbocycles. The molecule has 2 rings (SSSR count). The first-order valence-electron chi connectivity index (χ1n) is 8.47. The summed E-state index contributed by atoms with van der Waals surface area (Å²) in [6.07, 6.45) is 7.78. The number of piperidine rings is 1. The third kappa shape index (κ3) is 5.46. The standard InChI is InChI=1S/C17H30N4O/c1-20-13-8-15(9-14-20)21(2)12-5-3-4-10-19-17(22)16-7-6-11-18-16/h6-7,11,15,18H,3-5,8-10,12-14H2,1-2H3,(H,19,22).